The number of aliphatic hydroxyl groups excluding tert-OH is 2. The fraction of sp³-hybridized carbons (Fsp3) is 0.300. The van der Waals surface area contributed by atoms with Gasteiger partial charge in [-0.2, -0.15) is 0 Å². The molecule has 3 atom stereocenters. The molecular formula is C10H11N5O3. The number of hydrogen-bond donors (Lipinski definition) is 3. The Balaban J connectivity index is 2.11. The van der Waals surface area contributed by atoms with Crippen LogP contribution in [0.4, 0.5) is 5.82 Å². The Morgan fingerprint density at radius 1 is 1.33 bits per heavy atom. The molecule has 0 amide bonds. The Labute approximate surface area is 101 Å². The highest BCUT2D eigenvalue weighted by atomic mass is 16.5. The van der Waals surface area contributed by atoms with Gasteiger partial charge >= 0.3 is 0 Å². The van der Waals surface area contributed by atoms with Gasteiger partial charge in [0, 0.05) is 0 Å². The molecule has 8 heteroatoms. The van der Waals surface area contributed by atoms with Crippen LogP contribution in [0.5, 0.6) is 0 Å². The van der Waals surface area contributed by atoms with Crippen molar-refractivity contribution in [1.29, 1.82) is 0 Å². The number of fused-ring (bicyclic) bond motifs is 1. The second-order valence-corrected chi connectivity index (χ2v) is 3.99. The quantitative estimate of drug-likeness (QED) is 0.603. The highest BCUT2D eigenvalue weighted by Gasteiger charge is 2.40. The first-order valence-electron chi connectivity index (χ1n) is 5.24. The topological polar surface area (TPSA) is 119 Å². The summed E-state index contributed by atoms with van der Waals surface area (Å²) in [4.78, 5) is 11.9. The Bertz CT molecular complexity index is 625. The van der Waals surface area contributed by atoms with Crippen LogP contribution in [0.25, 0.3) is 11.2 Å². The number of nitrogens with zero attached hydrogens (tertiary/aromatic N) is 4. The first-order chi connectivity index (χ1) is 8.59. The smallest absolute Gasteiger partial charge is 0.207 e. The zero-order chi connectivity index (χ0) is 12.9. The monoisotopic (exact) mass is 249 g/mol. The second-order valence-electron chi connectivity index (χ2n) is 3.99. The van der Waals surface area contributed by atoms with Crippen LogP contribution in [0.15, 0.2) is 25.0 Å². The van der Waals surface area contributed by atoms with E-state index in [0.29, 0.717) is 11.2 Å². The van der Waals surface area contributed by atoms with Gasteiger partial charge in [-0.25, -0.2) is 15.0 Å². The number of aromatic nitrogens is 4. The van der Waals surface area contributed by atoms with Crippen molar-refractivity contribution in [3.8, 4) is 0 Å². The van der Waals surface area contributed by atoms with Gasteiger partial charge in [-0.05, 0) is 0 Å². The third-order valence-corrected chi connectivity index (χ3v) is 2.88. The predicted molar refractivity (Wildman–Crippen MR) is 61.0 cm³/mol. The number of hydrogen-bond acceptors (Lipinski definition) is 7. The van der Waals surface area contributed by atoms with E-state index in [0.717, 1.165) is 0 Å². The van der Waals surface area contributed by atoms with Crippen molar-refractivity contribution in [1.82, 2.24) is 19.5 Å². The van der Waals surface area contributed by atoms with Gasteiger partial charge in [-0.3, -0.25) is 4.57 Å². The molecule has 0 aliphatic carbocycles. The molecule has 94 valence electrons. The van der Waals surface area contributed by atoms with E-state index < -0.39 is 18.4 Å². The first-order valence-corrected chi connectivity index (χ1v) is 5.24. The van der Waals surface area contributed by atoms with Crippen molar-refractivity contribution >= 4 is 17.0 Å². The summed E-state index contributed by atoms with van der Waals surface area (Å²) in [5.74, 6) is 0.349. The van der Waals surface area contributed by atoms with Crippen LogP contribution in [0.2, 0.25) is 0 Å². The normalized spacial score (nSPS) is 27.7. The zero-order valence-electron chi connectivity index (χ0n) is 9.26. The molecule has 0 radical (unpaired) electrons. The van der Waals surface area contributed by atoms with Gasteiger partial charge in [-0.15, -0.1) is 0 Å². The van der Waals surface area contributed by atoms with E-state index in [1.807, 2.05) is 0 Å². The van der Waals surface area contributed by atoms with Gasteiger partial charge in [0.1, 0.15) is 36.1 Å². The third kappa shape index (κ3) is 1.36. The van der Waals surface area contributed by atoms with Crippen molar-refractivity contribution in [3.05, 3.63) is 25.0 Å². The van der Waals surface area contributed by atoms with Crippen LogP contribution in [-0.2, 0) is 4.74 Å². The standard InChI is InChI=1S/C10H11N5O3/c1-4-6(16)7(17)10(18-4)15-3-14-5-8(11)12-2-13-9(5)15/h2-3,6-7,10,16-17H,1H2,(H2,11,12,13)/t6?,7-,10+/m0/s1. The highest BCUT2D eigenvalue weighted by molar-refractivity contribution is 5.81. The summed E-state index contributed by atoms with van der Waals surface area (Å²) in [6, 6.07) is 0. The molecule has 8 nitrogen and oxygen atoms in total. The molecule has 0 bridgehead atoms. The van der Waals surface area contributed by atoms with Crippen LogP contribution in [0.3, 0.4) is 0 Å². The van der Waals surface area contributed by atoms with E-state index in [9.17, 15) is 10.2 Å². The molecule has 0 saturated carbocycles. The zero-order valence-corrected chi connectivity index (χ0v) is 9.26. The van der Waals surface area contributed by atoms with E-state index >= 15 is 0 Å². The maximum Gasteiger partial charge on any atom is 0.207 e. The summed E-state index contributed by atoms with van der Waals surface area (Å²) in [6.45, 7) is 3.52. The fourth-order valence-electron chi connectivity index (χ4n) is 1.92. The van der Waals surface area contributed by atoms with E-state index in [1.165, 1.54) is 17.2 Å². The molecule has 1 saturated heterocycles. The van der Waals surface area contributed by atoms with Gasteiger partial charge in [0.2, 0.25) is 6.23 Å². The summed E-state index contributed by atoms with van der Waals surface area (Å²) in [5, 5.41) is 19.5. The lowest BCUT2D eigenvalue weighted by molar-refractivity contribution is -0.0118. The third-order valence-electron chi connectivity index (χ3n) is 2.88. The minimum absolute atomic E-state index is 0.108. The van der Waals surface area contributed by atoms with Crippen LogP contribution >= 0.6 is 0 Å². The second kappa shape index (κ2) is 3.65. The molecular weight excluding hydrogens is 238 g/mol. The van der Waals surface area contributed by atoms with E-state index in [2.05, 4.69) is 21.5 Å². The molecule has 1 aliphatic rings. The Morgan fingerprint density at radius 3 is 2.78 bits per heavy atom. The van der Waals surface area contributed by atoms with Crippen LogP contribution < -0.4 is 5.73 Å². The van der Waals surface area contributed by atoms with Crippen molar-refractivity contribution in [3.63, 3.8) is 0 Å². The maximum atomic E-state index is 9.87. The number of anilines is 1. The van der Waals surface area contributed by atoms with Gasteiger partial charge in [0.05, 0.1) is 0 Å². The number of ether oxygens (including phenoxy) is 1. The number of imidazole rings is 1. The average Bonchev–Trinajstić information content (AvgIpc) is 2.88. The first kappa shape index (κ1) is 10.9. The Morgan fingerprint density at radius 2 is 2.11 bits per heavy atom. The van der Waals surface area contributed by atoms with Crippen LogP contribution in [0.1, 0.15) is 6.23 Å². The lowest BCUT2D eigenvalue weighted by Crippen LogP contribution is -2.27. The maximum absolute atomic E-state index is 9.87. The number of nitrogen functional groups attached to an aromatic ring is 1. The van der Waals surface area contributed by atoms with E-state index in [-0.39, 0.29) is 11.6 Å². The SMILES string of the molecule is C=C1O[C@@H](n2cnc3c(N)ncnc32)[C@@H](O)C1O. The molecule has 18 heavy (non-hydrogen) atoms. The van der Waals surface area contributed by atoms with Crippen molar-refractivity contribution in [2.24, 2.45) is 0 Å². The highest BCUT2D eigenvalue weighted by Crippen LogP contribution is 2.32. The Kier molecular flexibility index (Phi) is 2.22. The predicted octanol–water partition coefficient (Wildman–Crippen LogP) is -0.827. The lowest BCUT2D eigenvalue weighted by Gasteiger charge is -2.15. The average molecular weight is 249 g/mol. The van der Waals surface area contributed by atoms with Crippen LogP contribution in [0, 0.1) is 0 Å². The molecule has 2 aromatic heterocycles. The summed E-state index contributed by atoms with van der Waals surface area (Å²) in [5.41, 5.74) is 6.50. The van der Waals surface area contributed by atoms with Gasteiger partial charge < -0.3 is 20.7 Å². The van der Waals surface area contributed by atoms with Crippen molar-refractivity contribution < 1.29 is 14.9 Å². The van der Waals surface area contributed by atoms with Gasteiger partial charge in [-0.1, -0.05) is 6.58 Å². The number of aliphatic hydroxyl groups is 2. The van der Waals surface area contributed by atoms with Crippen molar-refractivity contribution in [2.45, 2.75) is 18.4 Å². The molecule has 0 spiro atoms. The summed E-state index contributed by atoms with van der Waals surface area (Å²) >= 11 is 0. The molecule has 0 aromatic carbocycles. The fourth-order valence-corrected chi connectivity index (χ4v) is 1.92. The van der Waals surface area contributed by atoms with Crippen LogP contribution in [-0.4, -0.2) is 41.9 Å². The largest absolute Gasteiger partial charge is 0.469 e. The Hall–Kier alpha value is -2.19. The molecule has 3 heterocycles. The molecule has 1 fully saturated rings. The number of nitrogens with two attached hydrogens (primary N) is 1. The molecule has 4 N–H and O–H groups in total. The molecule has 2 aromatic rings. The molecule has 3 rings (SSSR count). The minimum atomic E-state index is -1.13. The minimum Gasteiger partial charge on any atom is -0.469 e. The van der Waals surface area contributed by atoms with E-state index in [1.54, 1.807) is 0 Å². The number of rotatable bonds is 1. The summed E-state index contributed by atoms with van der Waals surface area (Å²) in [6.07, 6.45) is -0.373. The molecule has 1 unspecified atom stereocenters. The summed E-state index contributed by atoms with van der Waals surface area (Å²) in [7, 11) is 0. The van der Waals surface area contributed by atoms with E-state index in [4.69, 9.17) is 10.5 Å². The molecule has 1 aliphatic heterocycles. The van der Waals surface area contributed by atoms with Crippen molar-refractivity contribution in [2.75, 3.05) is 5.73 Å². The summed E-state index contributed by atoms with van der Waals surface area (Å²) < 4.78 is 6.79. The van der Waals surface area contributed by atoms with Gasteiger partial charge in [0.25, 0.3) is 0 Å². The lowest BCUT2D eigenvalue weighted by atomic mass is 10.2. The van der Waals surface area contributed by atoms with Gasteiger partial charge in [0.15, 0.2) is 11.5 Å².